The molecule has 2 N–H and O–H groups in total. The van der Waals surface area contributed by atoms with Crippen molar-refractivity contribution in [2.45, 2.75) is 33.4 Å². The van der Waals surface area contributed by atoms with Crippen molar-refractivity contribution in [3.8, 4) is 11.6 Å². The van der Waals surface area contributed by atoms with E-state index in [-0.39, 0.29) is 24.0 Å². The first-order valence-corrected chi connectivity index (χ1v) is 8.99. The highest BCUT2D eigenvalue weighted by Gasteiger charge is 2.04. The molecule has 2 rings (SSSR count). The lowest BCUT2D eigenvalue weighted by molar-refractivity contribution is 0.305. The summed E-state index contributed by atoms with van der Waals surface area (Å²) >= 11 is 0. The van der Waals surface area contributed by atoms with E-state index in [4.69, 9.17) is 9.47 Å². The number of hydrogen-bond donors (Lipinski definition) is 2. The molecule has 1 aromatic carbocycles. The maximum absolute atomic E-state index is 5.65. The number of nitrogens with one attached hydrogen (secondary N) is 2. The summed E-state index contributed by atoms with van der Waals surface area (Å²) in [6.07, 6.45) is 2.79. The van der Waals surface area contributed by atoms with E-state index < -0.39 is 0 Å². The molecule has 7 heteroatoms. The standard InChI is InChI=1S/C20H28N4O2.HI/c1-4-12-26-19-11-10-16(13-22-19)14-23-20(21-3)24-15-17-8-6-7-9-18(17)25-5-2;/h6-11,13H,4-5,12,14-15H2,1-3H3,(H2,21,23,24);1H. The summed E-state index contributed by atoms with van der Waals surface area (Å²) in [5.41, 5.74) is 2.16. The Labute approximate surface area is 178 Å². The van der Waals surface area contributed by atoms with Crippen LogP contribution in [-0.2, 0) is 13.1 Å². The van der Waals surface area contributed by atoms with Crippen LogP contribution in [0.15, 0.2) is 47.6 Å². The lowest BCUT2D eigenvalue weighted by Crippen LogP contribution is -2.36. The molecule has 0 spiro atoms. The van der Waals surface area contributed by atoms with Gasteiger partial charge in [0.1, 0.15) is 5.75 Å². The van der Waals surface area contributed by atoms with Gasteiger partial charge in [-0.15, -0.1) is 24.0 Å². The number of aromatic nitrogens is 1. The van der Waals surface area contributed by atoms with Crippen molar-refractivity contribution in [1.82, 2.24) is 15.6 Å². The third-order valence-corrected chi connectivity index (χ3v) is 3.65. The van der Waals surface area contributed by atoms with Gasteiger partial charge in [-0.3, -0.25) is 4.99 Å². The van der Waals surface area contributed by atoms with Gasteiger partial charge in [0.15, 0.2) is 5.96 Å². The third kappa shape index (κ3) is 8.03. The van der Waals surface area contributed by atoms with Gasteiger partial charge in [0, 0.05) is 38.0 Å². The smallest absolute Gasteiger partial charge is 0.213 e. The minimum Gasteiger partial charge on any atom is -0.494 e. The Kier molecular flexibility index (Phi) is 11.2. The van der Waals surface area contributed by atoms with Crippen molar-refractivity contribution in [2.75, 3.05) is 20.3 Å². The molecule has 0 bridgehead atoms. The van der Waals surface area contributed by atoms with Crippen LogP contribution in [0.2, 0.25) is 0 Å². The zero-order valence-corrected chi connectivity index (χ0v) is 18.5. The molecule has 1 aromatic heterocycles. The van der Waals surface area contributed by atoms with Crippen LogP contribution in [0.3, 0.4) is 0 Å². The van der Waals surface area contributed by atoms with Crippen molar-refractivity contribution >= 4 is 29.9 Å². The van der Waals surface area contributed by atoms with Gasteiger partial charge in [0.2, 0.25) is 5.88 Å². The zero-order valence-electron chi connectivity index (χ0n) is 16.2. The molecular formula is C20H29IN4O2. The summed E-state index contributed by atoms with van der Waals surface area (Å²) < 4.78 is 11.1. The zero-order chi connectivity index (χ0) is 18.6. The Bertz CT molecular complexity index is 693. The second-order valence-corrected chi connectivity index (χ2v) is 5.67. The number of ether oxygens (including phenoxy) is 2. The lowest BCUT2D eigenvalue weighted by Gasteiger charge is -2.14. The summed E-state index contributed by atoms with van der Waals surface area (Å²) in [5.74, 6) is 2.28. The van der Waals surface area contributed by atoms with Crippen LogP contribution >= 0.6 is 24.0 Å². The van der Waals surface area contributed by atoms with Gasteiger partial charge < -0.3 is 20.1 Å². The van der Waals surface area contributed by atoms with E-state index in [0.29, 0.717) is 32.2 Å². The fourth-order valence-corrected chi connectivity index (χ4v) is 2.34. The Morgan fingerprint density at radius 2 is 1.81 bits per heavy atom. The van der Waals surface area contributed by atoms with Crippen molar-refractivity contribution in [1.29, 1.82) is 0 Å². The van der Waals surface area contributed by atoms with E-state index in [9.17, 15) is 0 Å². The van der Waals surface area contributed by atoms with Crippen LogP contribution in [0.5, 0.6) is 11.6 Å². The Morgan fingerprint density at radius 1 is 1.04 bits per heavy atom. The van der Waals surface area contributed by atoms with Crippen LogP contribution < -0.4 is 20.1 Å². The first kappa shape index (κ1) is 23.0. The number of nitrogens with zero attached hydrogens (tertiary/aromatic N) is 2. The van der Waals surface area contributed by atoms with E-state index in [1.54, 1.807) is 7.05 Å². The van der Waals surface area contributed by atoms with E-state index in [0.717, 1.165) is 29.3 Å². The first-order chi connectivity index (χ1) is 12.8. The molecule has 27 heavy (non-hydrogen) atoms. The molecule has 148 valence electrons. The lowest BCUT2D eigenvalue weighted by atomic mass is 10.2. The Hall–Kier alpha value is -2.03. The highest BCUT2D eigenvalue weighted by Crippen LogP contribution is 2.17. The maximum Gasteiger partial charge on any atom is 0.213 e. The molecular weight excluding hydrogens is 455 g/mol. The number of halogens is 1. The number of guanidine groups is 1. The van der Waals surface area contributed by atoms with E-state index in [1.807, 2.05) is 49.5 Å². The Balaban J connectivity index is 0.00000364. The number of pyridine rings is 1. The van der Waals surface area contributed by atoms with Gasteiger partial charge in [-0.1, -0.05) is 31.2 Å². The first-order valence-electron chi connectivity index (χ1n) is 8.99. The minimum absolute atomic E-state index is 0. The monoisotopic (exact) mass is 484 g/mol. The fourth-order valence-electron chi connectivity index (χ4n) is 2.34. The van der Waals surface area contributed by atoms with Gasteiger partial charge in [-0.25, -0.2) is 4.98 Å². The number of aliphatic imine (C=N–C) groups is 1. The number of para-hydroxylation sites is 1. The quantitative estimate of drug-likeness (QED) is 0.323. The van der Waals surface area contributed by atoms with Crippen LogP contribution in [-0.4, -0.2) is 31.2 Å². The summed E-state index contributed by atoms with van der Waals surface area (Å²) in [5, 5.41) is 6.60. The largest absolute Gasteiger partial charge is 0.494 e. The van der Waals surface area contributed by atoms with Gasteiger partial charge in [0.05, 0.1) is 13.2 Å². The fraction of sp³-hybridized carbons (Fsp3) is 0.400. The van der Waals surface area contributed by atoms with Gasteiger partial charge >= 0.3 is 0 Å². The van der Waals surface area contributed by atoms with Crippen LogP contribution in [0.1, 0.15) is 31.4 Å². The summed E-state index contributed by atoms with van der Waals surface area (Å²) in [7, 11) is 1.75. The molecule has 0 fully saturated rings. The Morgan fingerprint density at radius 3 is 2.48 bits per heavy atom. The molecule has 0 aliphatic rings. The van der Waals surface area contributed by atoms with Gasteiger partial charge in [-0.05, 0) is 25.0 Å². The molecule has 6 nitrogen and oxygen atoms in total. The normalized spacial score (nSPS) is 10.7. The molecule has 0 unspecified atom stereocenters. The van der Waals surface area contributed by atoms with E-state index in [1.165, 1.54) is 0 Å². The maximum atomic E-state index is 5.65. The second kappa shape index (κ2) is 13.2. The van der Waals surface area contributed by atoms with Crippen molar-refractivity contribution in [3.05, 3.63) is 53.7 Å². The molecule has 0 saturated heterocycles. The summed E-state index contributed by atoms with van der Waals surface area (Å²) in [6, 6.07) is 11.9. The summed E-state index contributed by atoms with van der Waals surface area (Å²) in [6.45, 7) is 6.66. The van der Waals surface area contributed by atoms with Crippen molar-refractivity contribution in [2.24, 2.45) is 4.99 Å². The van der Waals surface area contributed by atoms with Gasteiger partial charge in [-0.2, -0.15) is 0 Å². The third-order valence-electron chi connectivity index (χ3n) is 3.65. The number of hydrogen-bond acceptors (Lipinski definition) is 4. The predicted molar refractivity (Wildman–Crippen MR) is 120 cm³/mol. The predicted octanol–water partition coefficient (Wildman–Crippen LogP) is 3.75. The summed E-state index contributed by atoms with van der Waals surface area (Å²) in [4.78, 5) is 8.57. The minimum atomic E-state index is 0. The van der Waals surface area contributed by atoms with Crippen LogP contribution in [0.25, 0.3) is 0 Å². The van der Waals surface area contributed by atoms with E-state index in [2.05, 4.69) is 27.5 Å². The highest BCUT2D eigenvalue weighted by molar-refractivity contribution is 14.0. The average Bonchev–Trinajstić information content (AvgIpc) is 2.68. The number of rotatable bonds is 9. The number of benzene rings is 1. The SMILES string of the molecule is CCCOc1ccc(CNC(=NC)NCc2ccccc2OCC)cn1.I. The molecule has 2 aromatic rings. The molecule has 0 aliphatic heterocycles. The average molecular weight is 484 g/mol. The van der Waals surface area contributed by atoms with E-state index >= 15 is 0 Å². The van der Waals surface area contributed by atoms with Crippen molar-refractivity contribution < 1.29 is 9.47 Å². The molecule has 1 heterocycles. The van der Waals surface area contributed by atoms with Crippen molar-refractivity contribution in [3.63, 3.8) is 0 Å². The van der Waals surface area contributed by atoms with Gasteiger partial charge in [0.25, 0.3) is 0 Å². The molecule has 0 aliphatic carbocycles. The van der Waals surface area contributed by atoms with Crippen LogP contribution in [0.4, 0.5) is 0 Å². The second-order valence-electron chi connectivity index (χ2n) is 5.67. The highest BCUT2D eigenvalue weighted by atomic mass is 127. The molecule has 0 atom stereocenters. The molecule has 0 radical (unpaired) electrons. The topological polar surface area (TPSA) is 67.8 Å². The van der Waals surface area contributed by atoms with Crippen LogP contribution in [0, 0.1) is 0 Å². The molecule has 0 saturated carbocycles. The molecule has 0 amide bonds.